The Morgan fingerprint density at radius 1 is 1.19 bits per heavy atom. The Bertz CT molecular complexity index is 1120. The molecule has 1 aliphatic rings. The van der Waals surface area contributed by atoms with Gasteiger partial charge in [0.2, 0.25) is 11.8 Å². The van der Waals surface area contributed by atoms with Gasteiger partial charge in [-0.25, -0.2) is 0 Å². The minimum absolute atomic E-state index is 0.0426. The van der Waals surface area contributed by atoms with Gasteiger partial charge < -0.3 is 15.4 Å². The Morgan fingerprint density at radius 3 is 2.87 bits per heavy atom. The number of hydrogen-bond acceptors (Lipinski definition) is 6. The van der Waals surface area contributed by atoms with E-state index in [1.54, 1.807) is 4.68 Å². The number of amides is 2. The van der Waals surface area contributed by atoms with Gasteiger partial charge in [0, 0.05) is 24.2 Å². The second kappa shape index (κ2) is 8.95. The molecule has 1 aliphatic heterocycles. The SMILES string of the molecule is Cc1ccc(NC(=O)CCCOc2ccc3c(c2)CCC(=O)N3)cc1-n1nnnc1C. The van der Waals surface area contributed by atoms with Crippen LogP contribution in [-0.2, 0) is 16.0 Å². The Hall–Kier alpha value is -3.75. The molecule has 0 aliphatic carbocycles. The molecule has 0 atom stereocenters. The number of nitrogens with one attached hydrogen (secondary N) is 2. The van der Waals surface area contributed by atoms with Crippen molar-refractivity contribution in [2.24, 2.45) is 0 Å². The van der Waals surface area contributed by atoms with Crippen LogP contribution in [0.4, 0.5) is 11.4 Å². The van der Waals surface area contributed by atoms with Crippen LogP contribution in [0.5, 0.6) is 5.75 Å². The van der Waals surface area contributed by atoms with Crippen molar-refractivity contribution in [1.82, 2.24) is 20.2 Å². The van der Waals surface area contributed by atoms with Crippen LogP contribution < -0.4 is 15.4 Å². The third kappa shape index (κ3) is 4.88. The summed E-state index contributed by atoms with van der Waals surface area (Å²) in [4.78, 5) is 23.8. The van der Waals surface area contributed by atoms with Crippen molar-refractivity contribution in [2.45, 2.75) is 39.5 Å². The molecular weight excluding hydrogens is 396 g/mol. The first-order chi connectivity index (χ1) is 15.0. The summed E-state index contributed by atoms with van der Waals surface area (Å²) in [6, 6.07) is 11.3. The van der Waals surface area contributed by atoms with Gasteiger partial charge >= 0.3 is 0 Å². The predicted molar refractivity (Wildman–Crippen MR) is 115 cm³/mol. The molecule has 9 nitrogen and oxygen atoms in total. The van der Waals surface area contributed by atoms with E-state index in [4.69, 9.17) is 4.74 Å². The predicted octanol–water partition coefficient (Wildman–Crippen LogP) is 2.96. The number of ether oxygens (including phenoxy) is 1. The number of rotatable bonds is 7. The van der Waals surface area contributed by atoms with Gasteiger partial charge in [-0.3, -0.25) is 9.59 Å². The second-order valence-electron chi connectivity index (χ2n) is 7.51. The van der Waals surface area contributed by atoms with Gasteiger partial charge in [0.25, 0.3) is 0 Å². The Morgan fingerprint density at radius 2 is 2.06 bits per heavy atom. The van der Waals surface area contributed by atoms with Gasteiger partial charge in [0.15, 0.2) is 5.82 Å². The van der Waals surface area contributed by atoms with Crippen molar-refractivity contribution in [1.29, 1.82) is 0 Å². The van der Waals surface area contributed by atoms with E-state index in [0.29, 0.717) is 43.8 Å². The molecule has 0 radical (unpaired) electrons. The van der Waals surface area contributed by atoms with Gasteiger partial charge in [0.1, 0.15) is 5.75 Å². The number of benzene rings is 2. The number of carbonyl (C=O) groups excluding carboxylic acids is 2. The highest BCUT2D eigenvalue weighted by atomic mass is 16.5. The zero-order valence-electron chi connectivity index (χ0n) is 17.5. The van der Waals surface area contributed by atoms with Crippen molar-refractivity contribution in [3.05, 3.63) is 53.3 Å². The van der Waals surface area contributed by atoms with E-state index in [9.17, 15) is 9.59 Å². The summed E-state index contributed by atoms with van der Waals surface area (Å²) in [5, 5.41) is 17.3. The van der Waals surface area contributed by atoms with E-state index in [0.717, 1.165) is 28.3 Å². The summed E-state index contributed by atoms with van der Waals surface area (Å²) in [6.45, 7) is 4.22. The van der Waals surface area contributed by atoms with Crippen LogP contribution in [0.25, 0.3) is 5.69 Å². The topological polar surface area (TPSA) is 111 Å². The fourth-order valence-corrected chi connectivity index (χ4v) is 3.47. The zero-order chi connectivity index (χ0) is 21.8. The highest BCUT2D eigenvalue weighted by molar-refractivity contribution is 5.94. The summed E-state index contributed by atoms with van der Waals surface area (Å²) in [5.74, 6) is 1.38. The number of anilines is 2. The Labute approximate surface area is 179 Å². The molecule has 2 amide bonds. The number of aryl methyl sites for hydroxylation is 3. The average Bonchev–Trinajstić information content (AvgIpc) is 3.18. The number of nitrogens with zero attached hydrogens (tertiary/aromatic N) is 4. The molecule has 0 bridgehead atoms. The lowest BCUT2D eigenvalue weighted by Crippen LogP contribution is -2.18. The second-order valence-corrected chi connectivity index (χ2v) is 7.51. The van der Waals surface area contributed by atoms with Crippen LogP contribution in [0.2, 0.25) is 0 Å². The van der Waals surface area contributed by atoms with Gasteiger partial charge in [-0.2, -0.15) is 4.68 Å². The van der Waals surface area contributed by atoms with Crippen molar-refractivity contribution >= 4 is 23.2 Å². The first-order valence-electron chi connectivity index (χ1n) is 10.2. The maximum absolute atomic E-state index is 12.3. The van der Waals surface area contributed by atoms with E-state index >= 15 is 0 Å². The molecule has 0 spiro atoms. The van der Waals surface area contributed by atoms with Crippen LogP contribution in [0, 0.1) is 13.8 Å². The van der Waals surface area contributed by atoms with Gasteiger partial charge in [-0.05, 0) is 78.6 Å². The molecule has 0 saturated heterocycles. The van der Waals surface area contributed by atoms with Gasteiger partial charge in [-0.1, -0.05) is 6.07 Å². The number of carbonyl (C=O) groups is 2. The zero-order valence-corrected chi connectivity index (χ0v) is 17.5. The molecular formula is C22H24N6O3. The van der Waals surface area contributed by atoms with E-state index < -0.39 is 0 Å². The number of aromatic nitrogens is 4. The number of tetrazole rings is 1. The normalized spacial score (nSPS) is 12.8. The summed E-state index contributed by atoms with van der Waals surface area (Å²) in [6.07, 6.45) is 2.13. The van der Waals surface area contributed by atoms with E-state index in [-0.39, 0.29) is 11.8 Å². The summed E-state index contributed by atoms with van der Waals surface area (Å²) >= 11 is 0. The molecule has 0 unspecified atom stereocenters. The molecule has 160 valence electrons. The van der Waals surface area contributed by atoms with Crippen LogP contribution in [0.1, 0.15) is 36.2 Å². The molecule has 9 heteroatoms. The molecule has 0 fully saturated rings. The lowest BCUT2D eigenvalue weighted by molar-refractivity contribution is -0.117. The summed E-state index contributed by atoms with van der Waals surface area (Å²) in [7, 11) is 0. The van der Waals surface area contributed by atoms with Gasteiger partial charge in [0.05, 0.1) is 12.3 Å². The largest absolute Gasteiger partial charge is 0.494 e. The van der Waals surface area contributed by atoms with E-state index in [1.165, 1.54) is 0 Å². The Kier molecular flexibility index (Phi) is 5.92. The first kappa shape index (κ1) is 20.5. The van der Waals surface area contributed by atoms with Crippen molar-refractivity contribution in [2.75, 3.05) is 17.2 Å². The van der Waals surface area contributed by atoms with Crippen molar-refractivity contribution in [3.8, 4) is 11.4 Å². The monoisotopic (exact) mass is 420 g/mol. The quantitative estimate of drug-likeness (QED) is 0.569. The average molecular weight is 420 g/mol. The summed E-state index contributed by atoms with van der Waals surface area (Å²) < 4.78 is 7.42. The minimum Gasteiger partial charge on any atom is -0.494 e. The lowest BCUT2D eigenvalue weighted by atomic mass is 10.0. The maximum atomic E-state index is 12.3. The van der Waals surface area contributed by atoms with Crippen LogP contribution in [-0.4, -0.2) is 38.6 Å². The molecule has 2 N–H and O–H groups in total. The van der Waals surface area contributed by atoms with E-state index in [1.807, 2.05) is 50.2 Å². The van der Waals surface area contributed by atoms with Gasteiger partial charge in [-0.15, -0.1) is 5.10 Å². The molecule has 2 aromatic carbocycles. The molecule has 4 rings (SSSR count). The fourth-order valence-electron chi connectivity index (χ4n) is 3.47. The number of fused-ring (bicyclic) bond motifs is 1. The van der Waals surface area contributed by atoms with Crippen molar-refractivity contribution < 1.29 is 14.3 Å². The molecule has 2 heterocycles. The van der Waals surface area contributed by atoms with E-state index in [2.05, 4.69) is 26.2 Å². The standard InChI is InChI=1S/C22H24N6O3/c1-14-5-7-17(13-20(14)28-15(2)25-26-27-28)23-21(29)4-3-11-31-18-8-9-19-16(12-18)6-10-22(30)24-19/h5,7-9,12-13H,3-4,6,10-11H2,1-2H3,(H,23,29)(H,24,30). The molecule has 0 saturated carbocycles. The van der Waals surface area contributed by atoms with Crippen LogP contribution >= 0.6 is 0 Å². The minimum atomic E-state index is -0.0833. The third-order valence-electron chi connectivity index (χ3n) is 5.14. The lowest BCUT2D eigenvalue weighted by Gasteiger charge is -2.17. The maximum Gasteiger partial charge on any atom is 0.224 e. The smallest absolute Gasteiger partial charge is 0.224 e. The number of hydrogen-bond donors (Lipinski definition) is 2. The fraction of sp³-hybridized carbons (Fsp3) is 0.318. The summed E-state index contributed by atoms with van der Waals surface area (Å²) in [5.41, 5.74) is 4.44. The molecule has 31 heavy (non-hydrogen) atoms. The highest BCUT2D eigenvalue weighted by Gasteiger charge is 2.15. The molecule has 3 aromatic rings. The Balaban J connectivity index is 1.27. The first-order valence-corrected chi connectivity index (χ1v) is 10.2. The third-order valence-corrected chi connectivity index (χ3v) is 5.14. The van der Waals surface area contributed by atoms with Crippen molar-refractivity contribution in [3.63, 3.8) is 0 Å². The molecule has 1 aromatic heterocycles. The van der Waals surface area contributed by atoms with Crippen LogP contribution in [0.3, 0.4) is 0 Å². The van der Waals surface area contributed by atoms with Crippen LogP contribution in [0.15, 0.2) is 36.4 Å². The highest BCUT2D eigenvalue weighted by Crippen LogP contribution is 2.27.